The van der Waals surface area contributed by atoms with E-state index in [-0.39, 0.29) is 11.9 Å². The Morgan fingerprint density at radius 1 is 1.43 bits per heavy atom. The van der Waals surface area contributed by atoms with Crippen LogP contribution < -0.4 is 4.74 Å². The number of epoxide rings is 1. The highest BCUT2D eigenvalue weighted by Gasteiger charge is 2.29. The number of halogens is 3. The molecule has 1 saturated heterocycles. The second-order valence-electron chi connectivity index (χ2n) is 2.88. The lowest BCUT2D eigenvalue weighted by molar-refractivity contribution is -0.0506. The van der Waals surface area contributed by atoms with Gasteiger partial charge in [0, 0.05) is 5.56 Å². The molecule has 1 unspecified atom stereocenters. The highest BCUT2D eigenvalue weighted by Crippen LogP contribution is 2.37. The fourth-order valence-corrected chi connectivity index (χ4v) is 1.20. The summed E-state index contributed by atoms with van der Waals surface area (Å²) >= 11 is 0. The van der Waals surface area contributed by atoms with Gasteiger partial charge in [-0.1, -0.05) is 0 Å². The van der Waals surface area contributed by atoms with Crippen LogP contribution in [-0.4, -0.2) is 13.2 Å². The van der Waals surface area contributed by atoms with E-state index in [9.17, 15) is 13.2 Å². The third kappa shape index (κ3) is 1.98. The molecule has 0 N–H and O–H groups in total. The molecule has 1 aliphatic heterocycles. The first-order valence-electron chi connectivity index (χ1n) is 4.02. The second kappa shape index (κ2) is 3.49. The average molecular weight is 204 g/mol. The summed E-state index contributed by atoms with van der Waals surface area (Å²) in [5, 5.41) is 0. The van der Waals surface area contributed by atoms with E-state index in [4.69, 9.17) is 4.74 Å². The Kier molecular flexibility index (Phi) is 2.33. The van der Waals surface area contributed by atoms with E-state index in [1.165, 1.54) is 6.07 Å². The quantitative estimate of drug-likeness (QED) is 0.705. The van der Waals surface area contributed by atoms with Crippen LogP contribution in [0.1, 0.15) is 11.7 Å². The van der Waals surface area contributed by atoms with Gasteiger partial charge in [-0.05, 0) is 18.2 Å². The van der Waals surface area contributed by atoms with Crippen molar-refractivity contribution in [1.29, 1.82) is 0 Å². The SMILES string of the molecule is Fc1ccc(OC(F)F)c(C2CO2)c1. The van der Waals surface area contributed by atoms with Crippen LogP contribution >= 0.6 is 0 Å². The minimum Gasteiger partial charge on any atom is -0.434 e. The van der Waals surface area contributed by atoms with Gasteiger partial charge >= 0.3 is 6.61 Å². The van der Waals surface area contributed by atoms with Crippen LogP contribution in [0.3, 0.4) is 0 Å². The van der Waals surface area contributed by atoms with Crippen molar-refractivity contribution in [2.45, 2.75) is 12.7 Å². The van der Waals surface area contributed by atoms with E-state index >= 15 is 0 Å². The molecule has 0 saturated carbocycles. The summed E-state index contributed by atoms with van der Waals surface area (Å²) in [4.78, 5) is 0. The fourth-order valence-electron chi connectivity index (χ4n) is 1.20. The lowest BCUT2D eigenvalue weighted by Gasteiger charge is -2.08. The van der Waals surface area contributed by atoms with Gasteiger partial charge in [-0.3, -0.25) is 0 Å². The highest BCUT2D eigenvalue weighted by molar-refractivity contribution is 5.37. The van der Waals surface area contributed by atoms with Crippen LogP contribution in [0.5, 0.6) is 5.75 Å². The molecule has 2 nitrogen and oxygen atoms in total. The normalized spacial score (nSPS) is 19.9. The van der Waals surface area contributed by atoms with Crippen LogP contribution in [-0.2, 0) is 4.74 Å². The van der Waals surface area contributed by atoms with Crippen molar-refractivity contribution in [3.8, 4) is 5.75 Å². The highest BCUT2D eigenvalue weighted by atomic mass is 19.3. The predicted octanol–water partition coefficient (Wildman–Crippen LogP) is 2.50. The van der Waals surface area contributed by atoms with Gasteiger partial charge in [-0.15, -0.1) is 0 Å². The summed E-state index contributed by atoms with van der Waals surface area (Å²) in [6.07, 6.45) is -0.306. The van der Waals surface area contributed by atoms with Crippen molar-refractivity contribution < 1.29 is 22.6 Å². The minimum atomic E-state index is -2.90. The van der Waals surface area contributed by atoms with Gasteiger partial charge in [0.15, 0.2) is 0 Å². The van der Waals surface area contributed by atoms with E-state index in [0.717, 1.165) is 12.1 Å². The van der Waals surface area contributed by atoms with E-state index in [1.807, 2.05) is 0 Å². The number of hydrogen-bond donors (Lipinski definition) is 0. The standard InChI is InChI=1S/C9H7F3O2/c10-5-1-2-7(14-9(11)12)6(3-5)8-4-13-8/h1-3,8-9H,4H2. The summed E-state index contributed by atoms with van der Waals surface area (Å²) in [7, 11) is 0. The molecule has 1 aliphatic rings. The van der Waals surface area contributed by atoms with Crippen LogP contribution in [0.2, 0.25) is 0 Å². The summed E-state index contributed by atoms with van der Waals surface area (Å²) in [6.45, 7) is -2.48. The van der Waals surface area contributed by atoms with E-state index in [2.05, 4.69) is 4.74 Å². The molecule has 5 heteroatoms. The van der Waals surface area contributed by atoms with Crippen molar-refractivity contribution in [3.05, 3.63) is 29.6 Å². The molecule has 2 rings (SSSR count). The molecule has 14 heavy (non-hydrogen) atoms. The van der Waals surface area contributed by atoms with Crippen molar-refractivity contribution in [1.82, 2.24) is 0 Å². The Labute approximate surface area is 78.2 Å². The van der Waals surface area contributed by atoms with Gasteiger partial charge in [-0.2, -0.15) is 8.78 Å². The molecule has 0 bridgehead atoms. The third-order valence-corrected chi connectivity index (χ3v) is 1.87. The zero-order valence-corrected chi connectivity index (χ0v) is 7.04. The van der Waals surface area contributed by atoms with Crippen LogP contribution in [0, 0.1) is 5.82 Å². The molecule has 1 heterocycles. The Morgan fingerprint density at radius 2 is 2.14 bits per heavy atom. The van der Waals surface area contributed by atoms with Gasteiger partial charge < -0.3 is 9.47 Å². The molecule has 0 aliphatic carbocycles. The number of rotatable bonds is 3. The van der Waals surface area contributed by atoms with E-state index in [1.54, 1.807) is 0 Å². The lowest BCUT2D eigenvalue weighted by atomic mass is 10.1. The Balaban J connectivity index is 2.27. The first kappa shape index (κ1) is 9.33. The fraction of sp³-hybridized carbons (Fsp3) is 0.333. The van der Waals surface area contributed by atoms with Gasteiger partial charge in [0.25, 0.3) is 0 Å². The minimum absolute atomic E-state index is 0.0242. The summed E-state index contributed by atoms with van der Waals surface area (Å²) < 4.78 is 45.7. The first-order valence-corrected chi connectivity index (χ1v) is 4.02. The maximum Gasteiger partial charge on any atom is 0.387 e. The lowest BCUT2D eigenvalue weighted by Crippen LogP contribution is -2.04. The first-order chi connectivity index (χ1) is 6.66. The molecule has 0 spiro atoms. The topological polar surface area (TPSA) is 21.8 Å². The van der Waals surface area contributed by atoms with E-state index in [0.29, 0.717) is 12.2 Å². The van der Waals surface area contributed by atoms with E-state index < -0.39 is 12.4 Å². The van der Waals surface area contributed by atoms with Crippen molar-refractivity contribution >= 4 is 0 Å². The molecule has 0 aromatic heterocycles. The number of ether oxygens (including phenoxy) is 2. The molecule has 1 atom stereocenters. The molecular weight excluding hydrogens is 197 g/mol. The second-order valence-corrected chi connectivity index (χ2v) is 2.88. The largest absolute Gasteiger partial charge is 0.434 e. The zero-order chi connectivity index (χ0) is 10.1. The molecule has 76 valence electrons. The third-order valence-electron chi connectivity index (χ3n) is 1.87. The van der Waals surface area contributed by atoms with Crippen LogP contribution in [0.15, 0.2) is 18.2 Å². The summed E-state index contributed by atoms with van der Waals surface area (Å²) in [6, 6.07) is 3.40. The molecule has 1 aromatic rings. The van der Waals surface area contributed by atoms with Crippen molar-refractivity contribution in [3.63, 3.8) is 0 Å². The maximum atomic E-state index is 12.8. The van der Waals surface area contributed by atoms with Crippen molar-refractivity contribution in [2.75, 3.05) is 6.61 Å². The maximum absolute atomic E-state index is 12.8. The predicted molar refractivity (Wildman–Crippen MR) is 41.7 cm³/mol. The number of hydrogen-bond acceptors (Lipinski definition) is 2. The zero-order valence-electron chi connectivity index (χ0n) is 7.04. The van der Waals surface area contributed by atoms with Gasteiger partial charge in [0.05, 0.1) is 6.61 Å². The Bertz CT molecular complexity index is 337. The molecule has 1 fully saturated rings. The summed E-state index contributed by atoms with van der Waals surface area (Å²) in [5.41, 5.74) is 0.338. The van der Waals surface area contributed by atoms with Gasteiger partial charge in [-0.25, -0.2) is 4.39 Å². The number of benzene rings is 1. The van der Waals surface area contributed by atoms with Gasteiger partial charge in [0.1, 0.15) is 17.7 Å². The molecule has 1 aromatic carbocycles. The van der Waals surface area contributed by atoms with Crippen LogP contribution in [0.25, 0.3) is 0 Å². The Morgan fingerprint density at radius 3 is 2.71 bits per heavy atom. The average Bonchev–Trinajstić information content (AvgIpc) is 2.90. The smallest absolute Gasteiger partial charge is 0.387 e. The molecular formula is C9H7F3O2. The van der Waals surface area contributed by atoms with Crippen LogP contribution in [0.4, 0.5) is 13.2 Å². The summed E-state index contributed by atoms with van der Waals surface area (Å²) in [5.74, 6) is -0.513. The number of alkyl halides is 2. The van der Waals surface area contributed by atoms with Gasteiger partial charge in [0.2, 0.25) is 0 Å². The van der Waals surface area contributed by atoms with Crippen molar-refractivity contribution in [2.24, 2.45) is 0 Å². The monoisotopic (exact) mass is 204 g/mol. The molecule has 0 radical (unpaired) electrons. The Hall–Kier alpha value is -1.23. The molecule has 0 amide bonds.